The molecule has 1 saturated heterocycles. The minimum atomic E-state index is -0.0974. The summed E-state index contributed by atoms with van der Waals surface area (Å²) in [5.41, 5.74) is 1.84. The highest BCUT2D eigenvalue weighted by Gasteiger charge is 2.28. The highest BCUT2D eigenvalue weighted by Crippen LogP contribution is 2.19. The lowest BCUT2D eigenvalue weighted by Crippen LogP contribution is -2.46. The molecule has 0 aromatic heterocycles. The zero-order valence-electron chi connectivity index (χ0n) is 14.5. The maximum Gasteiger partial charge on any atom is 0.253 e. The minimum absolute atomic E-state index is 0. The third-order valence-electron chi connectivity index (χ3n) is 4.23. The number of carbonyl (C=O) groups is 2. The molecular formula is C18H28ClN3O2. The van der Waals surface area contributed by atoms with E-state index < -0.39 is 0 Å². The summed E-state index contributed by atoms with van der Waals surface area (Å²) in [5.74, 6) is -0.0146. The van der Waals surface area contributed by atoms with Crippen molar-refractivity contribution in [3.05, 3.63) is 35.4 Å². The predicted octanol–water partition coefficient (Wildman–Crippen LogP) is 1.99. The van der Waals surface area contributed by atoms with E-state index in [2.05, 4.69) is 10.6 Å². The van der Waals surface area contributed by atoms with Gasteiger partial charge in [0.1, 0.15) is 0 Å². The van der Waals surface area contributed by atoms with Gasteiger partial charge in [0.15, 0.2) is 0 Å². The molecule has 24 heavy (non-hydrogen) atoms. The van der Waals surface area contributed by atoms with E-state index in [-0.39, 0.29) is 30.1 Å². The Hall–Kier alpha value is -1.59. The fourth-order valence-electron chi connectivity index (χ4n) is 2.85. The van der Waals surface area contributed by atoms with Crippen molar-refractivity contribution in [1.29, 1.82) is 0 Å². The summed E-state index contributed by atoms with van der Waals surface area (Å²) < 4.78 is 0. The van der Waals surface area contributed by atoms with E-state index >= 15 is 0 Å². The molecule has 0 saturated carbocycles. The molecule has 1 aliphatic rings. The molecular weight excluding hydrogens is 326 g/mol. The number of halogens is 1. The number of hydrogen-bond donors (Lipinski definition) is 2. The molecule has 0 bridgehead atoms. The van der Waals surface area contributed by atoms with E-state index in [9.17, 15) is 9.59 Å². The van der Waals surface area contributed by atoms with Gasteiger partial charge in [0, 0.05) is 31.7 Å². The smallest absolute Gasteiger partial charge is 0.253 e. The Kier molecular flexibility index (Phi) is 8.79. The summed E-state index contributed by atoms with van der Waals surface area (Å²) in [5, 5.41) is 6.13. The van der Waals surface area contributed by atoms with Gasteiger partial charge in [-0.2, -0.15) is 0 Å². The second-order valence-corrected chi connectivity index (χ2v) is 6.10. The van der Waals surface area contributed by atoms with Crippen molar-refractivity contribution < 1.29 is 9.59 Å². The maximum absolute atomic E-state index is 12.6. The number of hydrogen-bond acceptors (Lipinski definition) is 3. The van der Waals surface area contributed by atoms with Crippen LogP contribution in [0.15, 0.2) is 24.3 Å². The van der Waals surface area contributed by atoms with Crippen LogP contribution in [0.25, 0.3) is 0 Å². The number of carbonyl (C=O) groups excluding carboxylic acids is 2. The summed E-state index contributed by atoms with van der Waals surface area (Å²) in [6.45, 7) is 7.60. The molecule has 1 atom stereocenters. The largest absolute Gasteiger partial charge is 0.355 e. The van der Waals surface area contributed by atoms with Crippen molar-refractivity contribution in [2.24, 2.45) is 5.92 Å². The Morgan fingerprint density at radius 2 is 1.92 bits per heavy atom. The summed E-state index contributed by atoms with van der Waals surface area (Å²) in [4.78, 5) is 26.6. The van der Waals surface area contributed by atoms with Crippen molar-refractivity contribution in [2.45, 2.75) is 26.7 Å². The van der Waals surface area contributed by atoms with E-state index in [4.69, 9.17) is 0 Å². The van der Waals surface area contributed by atoms with Crippen LogP contribution in [-0.4, -0.2) is 49.4 Å². The third-order valence-corrected chi connectivity index (χ3v) is 4.23. The molecule has 1 heterocycles. The molecule has 1 unspecified atom stereocenters. The van der Waals surface area contributed by atoms with Gasteiger partial charge in [0.05, 0.1) is 5.92 Å². The molecule has 1 aromatic carbocycles. The summed E-state index contributed by atoms with van der Waals surface area (Å²) in [7, 11) is 0. The maximum atomic E-state index is 12.6. The van der Waals surface area contributed by atoms with Crippen LogP contribution in [-0.2, 0) is 4.79 Å². The van der Waals surface area contributed by atoms with Crippen LogP contribution in [0.3, 0.4) is 0 Å². The highest BCUT2D eigenvalue weighted by molar-refractivity contribution is 5.94. The quantitative estimate of drug-likeness (QED) is 0.769. The second kappa shape index (κ2) is 10.3. The van der Waals surface area contributed by atoms with Gasteiger partial charge in [-0.15, -0.1) is 12.4 Å². The highest BCUT2D eigenvalue weighted by atomic mass is 35.5. The Balaban J connectivity index is 0.00000288. The molecule has 1 fully saturated rings. The standard InChI is InChI=1S/C18H27N3O2.ClH/c1-3-19-10-11-20-17(22)16-5-4-12-21(13-16)18(23)15-8-6-14(2)7-9-15;/h6-9,16,19H,3-5,10-13H2,1-2H3,(H,20,22);1H. The van der Waals surface area contributed by atoms with Crippen molar-refractivity contribution >= 4 is 24.2 Å². The van der Waals surface area contributed by atoms with Gasteiger partial charge < -0.3 is 15.5 Å². The molecule has 1 aliphatic heterocycles. The first-order valence-electron chi connectivity index (χ1n) is 8.46. The van der Waals surface area contributed by atoms with Crippen LogP contribution in [0.5, 0.6) is 0 Å². The van der Waals surface area contributed by atoms with Crippen LogP contribution in [0.2, 0.25) is 0 Å². The van der Waals surface area contributed by atoms with Crippen LogP contribution < -0.4 is 10.6 Å². The zero-order valence-corrected chi connectivity index (χ0v) is 15.3. The SMILES string of the molecule is CCNCCNC(=O)C1CCCN(C(=O)c2ccc(C)cc2)C1.Cl. The van der Waals surface area contributed by atoms with Crippen molar-refractivity contribution in [3.63, 3.8) is 0 Å². The van der Waals surface area contributed by atoms with E-state index in [1.54, 1.807) is 0 Å². The molecule has 2 N–H and O–H groups in total. The number of likely N-dealkylation sites (tertiary alicyclic amines) is 1. The number of nitrogens with one attached hydrogen (secondary N) is 2. The third kappa shape index (κ3) is 5.80. The van der Waals surface area contributed by atoms with Crippen molar-refractivity contribution in [2.75, 3.05) is 32.7 Å². The number of piperidine rings is 1. The normalized spacial score (nSPS) is 17.1. The van der Waals surface area contributed by atoms with E-state index in [1.165, 1.54) is 0 Å². The predicted molar refractivity (Wildman–Crippen MR) is 98.6 cm³/mol. The van der Waals surface area contributed by atoms with Crippen molar-refractivity contribution in [3.8, 4) is 0 Å². The molecule has 0 radical (unpaired) electrons. The lowest BCUT2D eigenvalue weighted by atomic mass is 9.96. The Labute approximate surface area is 150 Å². The molecule has 2 amide bonds. The van der Waals surface area contributed by atoms with Crippen LogP contribution in [0.1, 0.15) is 35.7 Å². The molecule has 5 nitrogen and oxygen atoms in total. The van der Waals surface area contributed by atoms with E-state index in [0.717, 1.165) is 38.0 Å². The zero-order chi connectivity index (χ0) is 16.7. The first-order valence-corrected chi connectivity index (χ1v) is 8.46. The average Bonchev–Trinajstić information content (AvgIpc) is 2.59. The van der Waals surface area contributed by atoms with E-state index in [0.29, 0.717) is 18.7 Å². The van der Waals surface area contributed by atoms with Crippen molar-refractivity contribution in [1.82, 2.24) is 15.5 Å². The Morgan fingerprint density at radius 1 is 1.21 bits per heavy atom. The molecule has 1 aromatic rings. The summed E-state index contributed by atoms with van der Waals surface area (Å²) >= 11 is 0. The topological polar surface area (TPSA) is 61.4 Å². The molecule has 2 rings (SSSR count). The average molecular weight is 354 g/mol. The van der Waals surface area contributed by atoms with Gasteiger partial charge in [0.25, 0.3) is 5.91 Å². The lowest BCUT2D eigenvalue weighted by molar-refractivity contribution is -0.126. The lowest BCUT2D eigenvalue weighted by Gasteiger charge is -2.32. The first-order chi connectivity index (χ1) is 11.1. The molecule has 134 valence electrons. The van der Waals surface area contributed by atoms with Gasteiger partial charge in [-0.25, -0.2) is 0 Å². The Bertz CT molecular complexity index is 534. The fourth-order valence-corrected chi connectivity index (χ4v) is 2.85. The Morgan fingerprint density at radius 3 is 2.58 bits per heavy atom. The van der Waals surface area contributed by atoms with E-state index in [1.807, 2.05) is 43.0 Å². The first kappa shape index (κ1) is 20.5. The van der Waals surface area contributed by atoms with Gasteiger partial charge in [-0.05, 0) is 38.4 Å². The van der Waals surface area contributed by atoms with Gasteiger partial charge in [-0.3, -0.25) is 9.59 Å². The molecule has 0 spiro atoms. The van der Waals surface area contributed by atoms with Gasteiger partial charge in [0.2, 0.25) is 5.91 Å². The number of likely N-dealkylation sites (N-methyl/N-ethyl adjacent to an activating group) is 1. The number of nitrogens with zero attached hydrogens (tertiary/aromatic N) is 1. The number of benzene rings is 1. The minimum Gasteiger partial charge on any atom is -0.355 e. The molecule has 6 heteroatoms. The second-order valence-electron chi connectivity index (χ2n) is 6.10. The summed E-state index contributed by atoms with van der Waals surface area (Å²) in [6, 6.07) is 7.61. The van der Waals surface area contributed by atoms with Crippen LogP contribution in [0, 0.1) is 12.8 Å². The van der Waals surface area contributed by atoms with Crippen LogP contribution >= 0.6 is 12.4 Å². The molecule has 0 aliphatic carbocycles. The van der Waals surface area contributed by atoms with Gasteiger partial charge in [-0.1, -0.05) is 24.6 Å². The van der Waals surface area contributed by atoms with Crippen LogP contribution in [0.4, 0.5) is 0 Å². The van der Waals surface area contributed by atoms with Gasteiger partial charge >= 0.3 is 0 Å². The number of rotatable bonds is 6. The monoisotopic (exact) mass is 353 g/mol. The number of aryl methyl sites for hydroxylation is 1. The number of amides is 2. The summed E-state index contributed by atoms with van der Waals surface area (Å²) in [6.07, 6.45) is 1.73. The fraction of sp³-hybridized carbons (Fsp3) is 0.556.